The minimum atomic E-state index is -1.17. The van der Waals surface area contributed by atoms with Gasteiger partial charge in [-0.2, -0.15) is 0 Å². The van der Waals surface area contributed by atoms with E-state index in [-0.39, 0.29) is 5.91 Å². The average Bonchev–Trinajstić information content (AvgIpc) is 2.75. The molecular weight excluding hydrogens is 218 g/mol. The summed E-state index contributed by atoms with van der Waals surface area (Å²) in [6, 6.07) is 8.99. The molecule has 0 aliphatic carbocycles. The molecule has 0 unspecified atom stereocenters. The van der Waals surface area contributed by atoms with Gasteiger partial charge in [0.05, 0.1) is 0 Å². The molecule has 1 saturated heterocycles. The molecule has 0 radical (unpaired) electrons. The number of aliphatic carboxylic acids is 1. The van der Waals surface area contributed by atoms with Crippen molar-refractivity contribution in [3.05, 3.63) is 35.9 Å². The molecule has 1 N–H and O–H groups in total. The molecule has 0 aromatic heterocycles. The fourth-order valence-electron chi connectivity index (χ4n) is 2.60. The SMILES string of the molecule is CC(=O)N1CCC[C@]1(C(=O)O)c1ccccc1. The predicted molar refractivity (Wildman–Crippen MR) is 62.4 cm³/mol. The third-order valence-corrected chi connectivity index (χ3v) is 3.37. The fourth-order valence-corrected chi connectivity index (χ4v) is 2.60. The molecule has 4 heteroatoms. The third-order valence-electron chi connectivity index (χ3n) is 3.37. The first-order chi connectivity index (χ1) is 8.09. The van der Waals surface area contributed by atoms with Gasteiger partial charge in [0.25, 0.3) is 0 Å². The van der Waals surface area contributed by atoms with E-state index in [4.69, 9.17) is 0 Å². The lowest BCUT2D eigenvalue weighted by Crippen LogP contribution is -2.49. The summed E-state index contributed by atoms with van der Waals surface area (Å²) < 4.78 is 0. The second-order valence-electron chi connectivity index (χ2n) is 4.31. The van der Waals surface area contributed by atoms with Gasteiger partial charge in [-0.05, 0) is 18.4 Å². The van der Waals surface area contributed by atoms with Crippen LogP contribution in [-0.2, 0) is 15.1 Å². The van der Waals surface area contributed by atoms with Crippen molar-refractivity contribution in [2.24, 2.45) is 0 Å². The van der Waals surface area contributed by atoms with Gasteiger partial charge >= 0.3 is 5.97 Å². The summed E-state index contributed by atoms with van der Waals surface area (Å²) in [4.78, 5) is 24.7. The van der Waals surface area contributed by atoms with Crippen LogP contribution in [0.15, 0.2) is 30.3 Å². The first kappa shape index (κ1) is 11.6. The van der Waals surface area contributed by atoms with Crippen LogP contribution in [0, 0.1) is 0 Å². The smallest absolute Gasteiger partial charge is 0.334 e. The number of nitrogens with zero attached hydrogens (tertiary/aromatic N) is 1. The number of likely N-dealkylation sites (tertiary alicyclic amines) is 1. The molecule has 1 aliphatic heterocycles. The number of hydrogen-bond donors (Lipinski definition) is 1. The van der Waals surface area contributed by atoms with Gasteiger partial charge in [0.1, 0.15) is 0 Å². The first-order valence-electron chi connectivity index (χ1n) is 5.66. The van der Waals surface area contributed by atoms with Crippen LogP contribution in [0.3, 0.4) is 0 Å². The Bertz CT molecular complexity index is 443. The number of carboxylic acids is 1. The standard InChI is InChI=1S/C13H15NO3/c1-10(15)14-9-5-8-13(14,12(16)17)11-6-3-2-4-7-11/h2-4,6-7H,5,8-9H2,1H3,(H,16,17)/t13-/m1/s1. The van der Waals surface area contributed by atoms with Gasteiger partial charge < -0.3 is 10.0 Å². The molecular formula is C13H15NO3. The quantitative estimate of drug-likeness (QED) is 0.844. The summed E-state index contributed by atoms with van der Waals surface area (Å²) in [5, 5.41) is 9.54. The number of hydrogen-bond acceptors (Lipinski definition) is 2. The van der Waals surface area contributed by atoms with Crippen molar-refractivity contribution in [1.82, 2.24) is 4.90 Å². The summed E-state index contributed by atoms with van der Waals surface area (Å²) in [7, 11) is 0. The molecule has 0 bridgehead atoms. The van der Waals surface area contributed by atoms with Gasteiger partial charge in [0, 0.05) is 13.5 Å². The van der Waals surface area contributed by atoms with E-state index in [2.05, 4.69) is 0 Å². The molecule has 1 amide bonds. The largest absolute Gasteiger partial charge is 0.479 e. The van der Waals surface area contributed by atoms with Gasteiger partial charge in [0.2, 0.25) is 5.91 Å². The third kappa shape index (κ3) is 1.69. The van der Waals surface area contributed by atoms with Crippen molar-refractivity contribution in [3.8, 4) is 0 Å². The highest BCUT2D eigenvalue weighted by Crippen LogP contribution is 2.39. The van der Waals surface area contributed by atoms with Crippen LogP contribution in [0.2, 0.25) is 0 Å². The van der Waals surface area contributed by atoms with Crippen LogP contribution >= 0.6 is 0 Å². The van der Waals surface area contributed by atoms with Gasteiger partial charge in [0.15, 0.2) is 5.54 Å². The highest BCUT2D eigenvalue weighted by atomic mass is 16.4. The fraction of sp³-hybridized carbons (Fsp3) is 0.385. The number of carbonyl (C=O) groups excluding carboxylic acids is 1. The molecule has 1 fully saturated rings. The second kappa shape index (κ2) is 4.20. The van der Waals surface area contributed by atoms with E-state index in [9.17, 15) is 14.7 Å². The molecule has 0 saturated carbocycles. The molecule has 0 spiro atoms. The van der Waals surface area contributed by atoms with Gasteiger partial charge in [-0.15, -0.1) is 0 Å². The molecule has 1 aliphatic rings. The Morgan fingerprint density at radius 2 is 1.94 bits per heavy atom. The molecule has 1 aromatic carbocycles. The lowest BCUT2D eigenvalue weighted by Gasteiger charge is -2.34. The molecule has 4 nitrogen and oxygen atoms in total. The number of amides is 1. The Morgan fingerprint density at radius 1 is 1.29 bits per heavy atom. The molecule has 17 heavy (non-hydrogen) atoms. The van der Waals surface area contributed by atoms with E-state index in [1.165, 1.54) is 11.8 Å². The summed E-state index contributed by atoms with van der Waals surface area (Å²) in [5.41, 5.74) is -0.493. The Morgan fingerprint density at radius 3 is 2.47 bits per heavy atom. The Hall–Kier alpha value is -1.84. The maximum Gasteiger partial charge on any atom is 0.334 e. The van der Waals surface area contributed by atoms with E-state index in [1.807, 2.05) is 6.07 Å². The van der Waals surface area contributed by atoms with Crippen molar-refractivity contribution < 1.29 is 14.7 Å². The average molecular weight is 233 g/mol. The topological polar surface area (TPSA) is 57.6 Å². The van der Waals surface area contributed by atoms with E-state index in [1.54, 1.807) is 24.3 Å². The monoisotopic (exact) mass is 233 g/mol. The van der Waals surface area contributed by atoms with Crippen LogP contribution in [0.1, 0.15) is 25.3 Å². The Labute approximate surface area is 99.9 Å². The number of benzene rings is 1. The van der Waals surface area contributed by atoms with Crippen molar-refractivity contribution in [1.29, 1.82) is 0 Å². The van der Waals surface area contributed by atoms with Gasteiger partial charge in [-0.3, -0.25) is 4.79 Å². The lowest BCUT2D eigenvalue weighted by atomic mass is 9.87. The molecule has 1 atom stereocenters. The normalized spacial score (nSPS) is 23.7. The number of carbonyl (C=O) groups is 2. The minimum Gasteiger partial charge on any atom is -0.479 e. The van der Waals surface area contributed by atoms with E-state index in [0.29, 0.717) is 18.5 Å². The zero-order valence-electron chi connectivity index (χ0n) is 9.72. The van der Waals surface area contributed by atoms with E-state index in [0.717, 1.165) is 6.42 Å². The van der Waals surface area contributed by atoms with E-state index < -0.39 is 11.5 Å². The van der Waals surface area contributed by atoms with Crippen LogP contribution in [-0.4, -0.2) is 28.4 Å². The van der Waals surface area contributed by atoms with Crippen LogP contribution in [0.4, 0.5) is 0 Å². The van der Waals surface area contributed by atoms with Crippen LogP contribution in [0.5, 0.6) is 0 Å². The zero-order valence-corrected chi connectivity index (χ0v) is 9.72. The summed E-state index contributed by atoms with van der Waals surface area (Å²) in [6.45, 7) is 1.93. The van der Waals surface area contributed by atoms with Crippen molar-refractivity contribution >= 4 is 11.9 Å². The number of rotatable bonds is 2. The summed E-state index contributed by atoms with van der Waals surface area (Å²) >= 11 is 0. The first-order valence-corrected chi connectivity index (χ1v) is 5.66. The maximum absolute atomic E-state index is 11.6. The van der Waals surface area contributed by atoms with Crippen molar-refractivity contribution in [3.63, 3.8) is 0 Å². The van der Waals surface area contributed by atoms with Crippen molar-refractivity contribution in [2.45, 2.75) is 25.3 Å². The maximum atomic E-state index is 11.6. The Balaban J connectivity index is 2.54. The number of carboxylic acid groups (broad SMARTS) is 1. The van der Waals surface area contributed by atoms with E-state index >= 15 is 0 Å². The summed E-state index contributed by atoms with van der Waals surface area (Å²) in [5.74, 6) is -1.13. The highest BCUT2D eigenvalue weighted by molar-refractivity contribution is 5.88. The molecule has 1 aromatic rings. The molecule has 90 valence electrons. The minimum absolute atomic E-state index is 0.186. The van der Waals surface area contributed by atoms with Crippen LogP contribution < -0.4 is 0 Å². The zero-order chi connectivity index (χ0) is 12.5. The van der Waals surface area contributed by atoms with Crippen molar-refractivity contribution in [2.75, 3.05) is 6.54 Å². The predicted octanol–water partition coefficient (Wildman–Crippen LogP) is 1.61. The van der Waals surface area contributed by atoms with Gasteiger partial charge in [-0.25, -0.2) is 4.79 Å². The molecule has 2 rings (SSSR count). The Kier molecular flexibility index (Phi) is 2.88. The lowest BCUT2D eigenvalue weighted by molar-refractivity contribution is -0.156. The van der Waals surface area contributed by atoms with Crippen LogP contribution in [0.25, 0.3) is 0 Å². The second-order valence-corrected chi connectivity index (χ2v) is 4.31. The molecule has 1 heterocycles. The highest BCUT2D eigenvalue weighted by Gasteiger charge is 2.50. The summed E-state index contributed by atoms with van der Waals surface area (Å²) in [6.07, 6.45) is 1.20. The van der Waals surface area contributed by atoms with Gasteiger partial charge in [-0.1, -0.05) is 30.3 Å².